The standard InChI is InChI=1S/C35H58N4O8S.C35H58N4O7S/c1-23(2)15-16-27-33(3,47-27)35(43)30(44-4)25(17-18-34(35)22-45-34)46-32(42)37-20-12-8-6-5-7-11-19-36-28(40)14-10-9-13-26-29-24(21-48-26)38-31(41)39-29;1-23(2)15-16-27-34(3,46-27)31-30(43-4)25(17-18-35(31)22-44-35)45-33(42)37-20-12-8-6-5-7-11-19-36-28(40)14-10-9-13-26-29-24(21-47-26)38-32(41)39-29/h15,24-27,29-30,43H,5-14,16-22H2,1-4H3,(H,36,40)(H,37,42)(H2,38,39,41);15,24-27,29-31H,5-14,16-22H2,1-4H3,(H,36,40)(H,37,42)(H2,38,39,41). The molecule has 25 heteroatoms. The maximum atomic E-state index is 12.7. The fourth-order valence-electron chi connectivity index (χ4n) is 16.0. The molecule has 538 valence electrons. The average Bonchev–Trinajstić information content (AvgIpc) is 1.51. The Morgan fingerprint density at radius 3 is 1.51 bits per heavy atom. The number of urea groups is 2. The quantitative estimate of drug-likeness (QED) is 0.0120. The van der Waals surface area contributed by atoms with E-state index in [0.29, 0.717) is 75.5 Å². The maximum Gasteiger partial charge on any atom is 0.407 e. The first-order valence-electron chi connectivity index (χ1n) is 36.2. The normalized spacial score (nSPS) is 35.6. The van der Waals surface area contributed by atoms with E-state index in [9.17, 15) is 33.9 Å². The first-order chi connectivity index (χ1) is 45.7. The third-order valence-electron chi connectivity index (χ3n) is 21.8. The number of allylic oxidation sites excluding steroid dienone is 2. The molecule has 0 radical (unpaired) electrons. The average molecular weight is 1370 g/mol. The number of rotatable bonds is 38. The molecule has 0 aromatic carbocycles. The number of hydrogen-bond donors (Lipinski definition) is 9. The van der Waals surface area contributed by atoms with Gasteiger partial charge in [-0.05, 0) is 131 Å². The van der Waals surface area contributed by atoms with Crippen LogP contribution in [0.4, 0.5) is 19.2 Å². The highest BCUT2D eigenvalue weighted by Gasteiger charge is 2.82. The summed E-state index contributed by atoms with van der Waals surface area (Å²) in [7, 11) is 3.24. The van der Waals surface area contributed by atoms with Crippen molar-refractivity contribution < 1.29 is 71.8 Å². The largest absolute Gasteiger partial charge is 0.443 e. The molecule has 8 amide bonds. The van der Waals surface area contributed by atoms with Crippen LogP contribution in [0.25, 0.3) is 0 Å². The number of alkyl carbamates (subject to hydrolysis) is 2. The van der Waals surface area contributed by atoms with Crippen LogP contribution < -0.4 is 42.5 Å². The molecule has 10 aliphatic rings. The lowest BCUT2D eigenvalue weighted by Crippen LogP contribution is -2.70. The fourth-order valence-corrected chi connectivity index (χ4v) is 19.1. The number of aliphatic hydroxyl groups is 1. The van der Waals surface area contributed by atoms with Crippen LogP contribution in [0, 0.1) is 5.92 Å². The second-order valence-corrected chi connectivity index (χ2v) is 31.8. The number of methoxy groups -OCH3 is 2. The van der Waals surface area contributed by atoms with Gasteiger partial charge in [0.15, 0.2) is 5.60 Å². The van der Waals surface area contributed by atoms with Gasteiger partial charge in [-0.2, -0.15) is 23.5 Å². The van der Waals surface area contributed by atoms with Crippen molar-refractivity contribution in [1.82, 2.24) is 42.5 Å². The molecule has 8 heterocycles. The number of ether oxygens (including phenoxy) is 8. The van der Waals surface area contributed by atoms with Gasteiger partial charge in [0.2, 0.25) is 11.8 Å². The van der Waals surface area contributed by atoms with E-state index < -0.39 is 35.1 Å². The molecule has 0 aromatic heterocycles. The smallest absolute Gasteiger partial charge is 0.407 e. The molecule has 10 rings (SSSR count). The lowest BCUT2D eigenvalue weighted by molar-refractivity contribution is -0.223. The Labute approximate surface area is 573 Å². The molecule has 9 N–H and O–H groups in total. The van der Waals surface area contributed by atoms with Crippen molar-refractivity contribution in [3.8, 4) is 0 Å². The molecule has 2 saturated carbocycles. The third kappa shape index (κ3) is 19.7. The van der Waals surface area contributed by atoms with E-state index in [1.54, 1.807) is 14.2 Å². The molecule has 18 unspecified atom stereocenters. The number of hydrogen-bond acceptors (Lipinski definition) is 17. The van der Waals surface area contributed by atoms with Crippen molar-refractivity contribution in [1.29, 1.82) is 0 Å². The summed E-state index contributed by atoms with van der Waals surface area (Å²) in [4.78, 5) is 72.8. The third-order valence-corrected chi connectivity index (χ3v) is 24.8. The molecule has 23 nitrogen and oxygen atoms in total. The number of carbonyl (C=O) groups is 6. The monoisotopic (exact) mass is 1370 g/mol. The molecule has 10 fully saturated rings. The lowest BCUT2D eigenvalue weighted by atomic mass is 9.64. The Morgan fingerprint density at radius 1 is 0.579 bits per heavy atom. The van der Waals surface area contributed by atoms with Crippen molar-refractivity contribution in [2.24, 2.45) is 5.92 Å². The summed E-state index contributed by atoms with van der Waals surface area (Å²) in [5, 5.41) is 37.0. The summed E-state index contributed by atoms with van der Waals surface area (Å²) in [5.41, 5.74) is -1.13. The molecule has 95 heavy (non-hydrogen) atoms. The lowest BCUT2D eigenvalue weighted by Gasteiger charge is -2.49. The van der Waals surface area contributed by atoms with Gasteiger partial charge in [0, 0.05) is 75.2 Å². The molecule has 2 aliphatic carbocycles. The van der Waals surface area contributed by atoms with E-state index in [0.717, 1.165) is 153 Å². The van der Waals surface area contributed by atoms with E-state index >= 15 is 0 Å². The van der Waals surface area contributed by atoms with Gasteiger partial charge in [-0.3, -0.25) is 9.59 Å². The molecule has 18 atom stereocenters. The van der Waals surface area contributed by atoms with Gasteiger partial charge in [0.05, 0.1) is 55.5 Å². The van der Waals surface area contributed by atoms with Gasteiger partial charge in [-0.25, -0.2) is 19.2 Å². The highest BCUT2D eigenvalue weighted by atomic mass is 32.2. The zero-order valence-electron chi connectivity index (χ0n) is 58.2. The van der Waals surface area contributed by atoms with Crippen LogP contribution in [0.15, 0.2) is 23.3 Å². The van der Waals surface area contributed by atoms with Gasteiger partial charge in [0.25, 0.3) is 0 Å². The van der Waals surface area contributed by atoms with Crippen LogP contribution in [0.3, 0.4) is 0 Å². The first-order valence-corrected chi connectivity index (χ1v) is 38.3. The molecular formula is C70H116N8O15S2. The minimum absolute atomic E-state index is 0.0201. The van der Waals surface area contributed by atoms with E-state index in [4.69, 9.17) is 37.9 Å². The number of thioether (sulfide) groups is 2. The van der Waals surface area contributed by atoms with Crippen molar-refractivity contribution >= 4 is 59.6 Å². The summed E-state index contributed by atoms with van der Waals surface area (Å²) in [6, 6.07) is 0.879. The number of amides is 8. The summed E-state index contributed by atoms with van der Waals surface area (Å²) in [5.74, 6) is 2.22. The van der Waals surface area contributed by atoms with Gasteiger partial charge in [0.1, 0.15) is 46.8 Å². The molecule has 2 spiro atoms. The summed E-state index contributed by atoms with van der Waals surface area (Å²) < 4.78 is 47.8. The Hall–Kier alpha value is -4.08. The fraction of sp³-hybridized carbons (Fsp3) is 0.857. The molecule has 8 saturated heterocycles. The Kier molecular flexibility index (Phi) is 27.5. The zero-order chi connectivity index (χ0) is 67.8. The van der Waals surface area contributed by atoms with E-state index in [-0.39, 0.29) is 95.7 Å². The van der Waals surface area contributed by atoms with Crippen LogP contribution >= 0.6 is 23.5 Å². The minimum Gasteiger partial charge on any atom is -0.443 e. The molecule has 0 bridgehead atoms. The van der Waals surface area contributed by atoms with Crippen molar-refractivity contribution in [3.63, 3.8) is 0 Å². The Morgan fingerprint density at radius 2 is 1.04 bits per heavy atom. The van der Waals surface area contributed by atoms with Crippen molar-refractivity contribution in [2.75, 3.05) is 65.1 Å². The maximum absolute atomic E-state index is 12.7. The van der Waals surface area contributed by atoms with Gasteiger partial charge < -0.3 is 85.5 Å². The van der Waals surface area contributed by atoms with Gasteiger partial charge >= 0.3 is 24.2 Å². The molecular weight excluding hydrogens is 1260 g/mol. The first kappa shape index (κ1) is 75.1. The molecule has 0 aromatic rings. The predicted octanol–water partition coefficient (Wildman–Crippen LogP) is 9.06. The van der Waals surface area contributed by atoms with Crippen molar-refractivity contribution in [3.05, 3.63) is 23.3 Å². The van der Waals surface area contributed by atoms with Crippen LogP contribution in [-0.4, -0.2) is 206 Å². The summed E-state index contributed by atoms with van der Waals surface area (Å²) in [6.45, 7) is 16.0. The number of carbonyl (C=O) groups excluding carboxylic acids is 6. The Balaban J connectivity index is 0.000000223. The van der Waals surface area contributed by atoms with E-state index in [1.807, 2.05) is 44.3 Å². The highest BCUT2D eigenvalue weighted by Crippen LogP contribution is 2.63. The minimum atomic E-state index is -1.44. The van der Waals surface area contributed by atoms with E-state index in [2.05, 4.69) is 75.5 Å². The second-order valence-electron chi connectivity index (χ2n) is 29.3. The molecule has 8 aliphatic heterocycles. The van der Waals surface area contributed by atoms with Crippen LogP contribution in [0.1, 0.15) is 208 Å². The summed E-state index contributed by atoms with van der Waals surface area (Å²) >= 11 is 3.84. The van der Waals surface area contributed by atoms with Crippen LogP contribution in [0.2, 0.25) is 0 Å². The SMILES string of the molecule is COC1C(OC(=O)NCCCCCCCCNC(=O)CCCCC2SCC3NC(=O)NC32)CCC2(CO2)C1(O)C1(C)OC1CC=C(C)C.COC1C(OC(=O)NCCCCCCCCNC(=O)CCCCC2SCC3NC(=O)NC32)CCC2(CO2)C1C1(C)OC1CC=C(C)C. The number of nitrogens with one attached hydrogen (secondary N) is 8. The highest BCUT2D eigenvalue weighted by molar-refractivity contribution is 8.00. The van der Waals surface area contributed by atoms with Crippen LogP contribution in [-0.2, 0) is 47.5 Å². The Bertz CT molecular complexity index is 2630. The van der Waals surface area contributed by atoms with Gasteiger partial charge in [-0.1, -0.05) is 87.5 Å². The zero-order valence-corrected chi connectivity index (χ0v) is 59.8. The number of epoxide rings is 4. The van der Waals surface area contributed by atoms with E-state index in [1.165, 1.54) is 11.1 Å². The van der Waals surface area contributed by atoms with Crippen LogP contribution in [0.5, 0.6) is 0 Å². The number of fused-ring (bicyclic) bond motifs is 2. The predicted molar refractivity (Wildman–Crippen MR) is 366 cm³/mol. The topological polar surface area (TPSA) is 306 Å². The van der Waals surface area contributed by atoms with Gasteiger partial charge in [-0.15, -0.1) is 0 Å². The van der Waals surface area contributed by atoms with Crippen molar-refractivity contribution in [2.45, 2.75) is 308 Å². The second kappa shape index (κ2) is 34.8. The summed E-state index contributed by atoms with van der Waals surface area (Å²) in [6.07, 6.45) is 24.9. The number of unbranched alkanes of at least 4 members (excludes halogenated alkanes) is 12.